The van der Waals surface area contributed by atoms with E-state index in [0.29, 0.717) is 30.7 Å². The van der Waals surface area contributed by atoms with Gasteiger partial charge >= 0.3 is 0 Å². The fraction of sp³-hybridized carbons (Fsp3) is 0.462. The highest BCUT2D eigenvalue weighted by Crippen LogP contribution is 2.31. The normalized spacial score (nSPS) is 20.7. The number of carbonyl (C=O) groups excluding carboxylic acids is 1. The van der Waals surface area contributed by atoms with Gasteiger partial charge in [-0.2, -0.15) is 0 Å². The molecule has 19 heavy (non-hydrogen) atoms. The van der Waals surface area contributed by atoms with E-state index in [0.717, 1.165) is 5.56 Å². The Kier molecular flexibility index (Phi) is 4.21. The largest absolute Gasteiger partial charge is 0.370 e. The Hall–Kier alpha value is -1.40. The maximum absolute atomic E-state index is 11.9. The first-order valence-electron chi connectivity index (χ1n) is 6.34. The molecule has 0 aromatic heterocycles. The summed E-state index contributed by atoms with van der Waals surface area (Å²) in [4.78, 5) is 11.1. The molecule has 2 rings (SSSR count). The number of sulfone groups is 1. The summed E-state index contributed by atoms with van der Waals surface area (Å²) in [6, 6.07) is 7.12. The van der Waals surface area contributed by atoms with Crippen LogP contribution < -0.4 is 11.1 Å². The van der Waals surface area contributed by atoms with E-state index in [-0.39, 0.29) is 17.7 Å². The molecule has 0 bridgehead atoms. The summed E-state index contributed by atoms with van der Waals surface area (Å²) in [5.74, 6) is -0.147. The molecule has 3 N–H and O–H groups in total. The van der Waals surface area contributed by atoms with E-state index in [1.54, 1.807) is 12.1 Å². The third-order valence-corrected chi connectivity index (χ3v) is 5.11. The molecule has 0 saturated heterocycles. The molecule has 0 fully saturated rings. The third-order valence-electron chi connectivity index (χ3n) is 3.30. The number of hydrogen-bond donors (Lipinski definition) is 2. The highest BCUT2D eigenvalue weighted by Gasteiger charge is 2.29. The molecule has 1 unspecified atom stereocenters. The lowest BCUT2D eigenvalue weighted by atomic mass is 10.0. The molecule has 1 atom stereocenters. The first-order valence-corrected chi connectivity index (χ1v) is 7.99. The minimum atomic E-state index is -3.13. The van der Waals surface area contributed by atoms with Crippen molar-refractivity contribution in [3.8, 4) is 0 Å². The first-order chi connectivity index (χ1) is 9.00. The second-order valence-electron chi connectivity index (χ2n) is 4.72. The molecule has 0 spiro atoms. The maximum Gasteiger partial charge on any atom is 0.217 e. The number of primary amides is 1. The predicted molar refractivity (Wildman–Crippen MR) is 72.3 cm³/mol. The van der Waals surface area contributed by atoms with Crippen LogP contribution in [-0.2, 0) is 14.6 Å². The van der Waals surface area contributed by atoms with Crippen molar-refractivity contribution in [3.05, 3.63) is 29.8 Å². The molecule has 1 heterocycles. The zero-order valence-electron chi connectivity index (χ0n) is 10.6. The minimum absolute atomic E-state index is 0.0348. The van der Waals surface area contributed by atoms with E-state index in [2.05, 4.69) is 5.32 Å². The number of fused-ring (bicyclic) bond motifs is 1. The van der Waals surface area contributed by atoms with Crippen LogP contribution in [0.1, 0.15) is 30.9 Å². The average Bonchev–Trinajstić information content (AvgIpc) is 2.37. The van der Waals surface area contributed by atoms with Gasteiger partial charge in [-0.15, -0.1) is 0 Å². The van der Waals surface area contributed by atoms with Gasteiger partial charge in [0.15, 0.2) is 9.84 Å². The molecule has 0 saturated carbocycles. The van der Waals surface area contributed by atoms with E-state index < -0.39 is 9.84 Å². The molecule has 1 aliphatic heterocycles. The Labute approximate surface area is 113 Å². The van der Waals surface area contributed by atoms with Crippen LogP contribution in [0.5, 0.6) is 0 Å². The molecule has 0 aliphatic carbocycles. The van der Waals surface area contributed by atoms with Crippen molar-refractivity contribution in [1.29, 1.82) is 0 Å². The van der Waals surface area contributed by atoms with Crippen molar-refractivity contribution in [2.24, 2.45) is 5.73 Å². The Balaban J connectivity index is 2.06. The molecular formula is C13H18N2O3S. The van der Waals surface area contributed by atoms with Crippen LogP contribution in [0.3, 0.4) is 0 Å². The SMILES string of the molecule is NC(=O)CCCNC1CCS(=O)(=O)c2ccccc21. The van der Waals surface area contributed by atoms with E-state index in [4.69, 9.17) is 5.73 Å². The highest BCUT2D eigenvalue weighted by atomic mass is 32.2. The molecule has 6 heteroatoms. The van der Waals surface area contributed by atoms with Gasteiger partial charge in [0.2, 0.25) is 5.91 Å². The Morgan fingerprint density at radius 1 is 1.37 bits per heavy atom. The number of rotatable bonds is 5. The fourth-order valence-electron chi connectivity index (χ4n) is 2.34. The average molecular weight is 282 g/mol. The molecule has 104 valence electrons. The van der Waals surface area contributed by atoms with Crippen molar-refractivity contribution >= 4 is 15.7 Å². The topological polar surface area (TPSA) is 89.3 Å². The van der Waals surface area contributed by atoms with Gasteiger partial charge < -0.3 is 11.1 Å². The van der Waals surface area contributed by atoms with Crippen molar-refractivity contribution in [3.63, 3.8) is 0 Å². The minimum Gasteiger partial charge on any atom is -0.370 e. The van der Waals surface area contributed by atoms with Crippen molar-refractivity contribution < 1.29 is 13.2 Å². The second kappa shape index (κ2) is 5.71. The Morgan fingerprint density at radius 2 is 2.11 bits per heavy atom. The summed E-state index contributed by atoms with van der Waals surface area (Å²) in [7, 11) is -3.13. The van der Waals surface area contributed by atoms with E-state index in [9.17, 15) is 13.2 Å². The fourth-order valence-corrected chi connectivity index (χ4v) is 3.96. The zero-order valence-corrected chi connectivity index (χ0v) is 11.4. The lowest BCUT2D eigenvalue weighted by Crippen LogP contribution is -2.30. The summed E-state index contributed by atoms with van der Waals surface area (Å²) in [6.07, 6.45) is 1.58. The monoisotopic (exact) mass is 282 g/mol. The molecule has 1 aromatic rings. The van der Waals surface area contributed by atoms with E-state index >= 15 is 0 Å². The van der Waals surface area contributed by atoms with Gasteiger partial charge in [-0.05, 0) is 31.0 Å². The molecule has 5 nitrogen and oxygen atoms in total. The Bertz CT molecular complexity index is 569. The van der Waals surface area contributed by atoms with E-state index in [1.165, 1.54) is 0 Å². The van der Waals surface area contributed by atoms with Gasteiger partial charge in [0, 0.05) is 12.5 Å². The van der Waals surface area contributed by atoms with Gasteiger partial charge in [-0.25, -0.2) is 8.42 Å². The predicted octanol–water partition coefficient (Wildman–Crippen LogP) is 0.760. The van der Waals surface area contributed by atoms with Crippen molar-refractivity contribution in [2.45, 2.75) is 30.2 Å². The van der Waals surface area contributed by atoms with Crippen molar-refractivity contribution in [2.75, 3.05) is 12.3 Å². The lowest BCUT2D eigenvalue weighted by Gasteiger charge is -2.26. The molecular weight excluding hydrogens is 264 g/mol. The van der Waals surface area contributed by atoms with E-state index in [1.807, 2.05) is 12.1 Å². The quantitative estimate of drug-likeness (QED) is 0.780. The van der Waals surface area contributed by atoms with Crippen LogP contribution in [-0.4, -0.2) is 26.6 Å². The zero-order chi connectivity index (χ0) is 13.9. The highest BCUT2D eigenvalue weighted by molar-refractivity contribution is 7.91. The molecule has 1 amide bonds. The summed E-state index contributed by atoms with van der Waals surface area (Å²) in [5, 5.41) is 3.30. The van der Waals surface area contributed by atoms with Crippen molar-refractivity contribution in [1.82, 2.24) is 5.32 Å². The van der Waals surface area contributed by atoms with Gasteiger partial charge in [0.05, 0.1) is 10.6 Å². The van der Waals surface area contributed by atoms with Crippen LogP contribution in [0.25, 0.3) is 0 Å². The summed E-state index contributed by atoms with van der Waals surface area (Å²) < 4.78 is 23.9. The number of amides is 1. The van der Waals surface area contributed by atoms with Crippen LogP contribution >= 0.6 is 0 Å². The van der Waals surface area contributed by atoms with Gasteiger partial charge in [-0.3, -0.25) is 4.79 Å². The number of carbonyl (C=O) groups is 1. The Morgan fingerprint density at radius 3 is 2.84 bits per heavy atom. The second-order valence-corrected chi connectivity index (χ2v) is 6.80. The summed E-state index contributed by atoms with van der Waals surface area (Å²) in [5.41, 5.74) is 5.90. The number of hydrogen-bond acceptors (Lipinski definition) is 4. The van der Waals surface area contributed by atoms with Crippen LogP contribution in [0.15, 0.2) is 29.2 Å². The first kappa shape index (κ1) is 14.0. The molecule has 0 radical (unpaired) electrons. The number of benzene rings is 1. The molecule has 1 aliphatic rings. The van der Waals surface area contributed by atoms with Gasteiger partial charge in [-0.1, -0.05) is 18.2 Å². The standard InChI is InChI=1S/C13H18N2O3S/c14-13(16)6-3-8-15-11-7-9-19(17,18)12-5-2-1-4-10(11)12/h1-2,4-5,11,15H,3,6-9H2,(H2,14,16). The summed E-state index contributed by atoms with van der Waals surface area (Å²) in [6.45, 7) is 0.655. The smallest absolute Gasteiger partial charge is 0.217 e. The third kappa shape index (κ3) is 3.33. The maximum atomic E-state index is 11.9. The molecule has 1 aromatic carbocycles. The van der Waals surface area contributed by atoms with Crippen LogP contribution in [0.2, 0.25) is 0 Å². The van der Waals surface area contributed by atoms with Crippen LogP contribution in [0, 0.1) is 0 Å². The van der Waals surface area contributed by atoms with Crippen LogP contribution in [0.4, 0.5) is 0 Å². The number of nitrogens with one attached hydrogen (secondary N) is 1. The summed E-state index contributed by atoms with van der Waals surface area (Å²) >= 11 is 0. The van der Waals surface area contributed by atoms with Gasteiger partial charge in [0.25, 0.3) is 0 Å². The number of nitrogens with two attached hydrogens (primary N) is 1. The van der Waals surface area contributed by atoms with Gasteiger partial charge in [0.1, 0.15) is 0 Å². The lowest BCUT2D eigenvalue weighted by molar-refractivity contribution is -0.118.